The lowest BCUT2D eigenvalue weighted by Gasteiger charge is -2.11. The van der Waals surface area contributed by atoms with Gasteiger partial charge in [0.2, 0.25) is 5.91 Å². The maximum Gasteiger partial charge on any atom is 0.276 e. The zero-order valence-electron chi connectivity index (χ0n) is 15.9. The van der Waals surface area contributed by atoms with Crippen molar-refractivity contribution in [2.75, 3.05) is 11.9 Å². The van der Waals surface area contributed by atoms with Crippen LogP contribution < -0.4 is 20.9 Å². The van der Waals surface area contributed by atoms with Crippen LogP contribution in [0.25, 0.3) is 0 Å². The molecule has 3 amide bonds. The number of carbonyl (C=O) groups excluding carboxylic acids is 3. The number of anilines is 1. The van der Waals surface area contributed by atoms with Gasteiger partial charge in [-0.3, -0.25) is 25.2 Å². The van der Waals surface area contributed by atoms with Gasteiger partial charge >= 0.3 is 0 Å². The van der Waals surface area contributed by atoms with E-state index in [1.807, 2.05) is 13.8 Å². The van der Waals surface area contributed by atoms with Crippen molar-refractivity contribution < 1.29 is 19.1 Å². The monoisotopic (exact) mass is 403 g/mol. The zero-order chi connectivity index (χ0) is 20.7. The van der Waals surface area contributed by atoms with Crippen LogP contribution in [0.1, 0.15) is 34.8 Å². The van der Waals surface area contributed by atoms with E-state index in [4.69, 9.17) is 16.3 Å². The topological polar surface area (TPSA) is 96.5 Å². The second-order valence-electron chi connectivity index (χ2n) is 6.14. The number of amides is 3. The van der Waals surface area contributed by atoms with Gasteiger partial charge in [-0.25, -0.2) is 0 Å². The first kappa shape index (κ1) is 21.2. The molecule has 0 radical (unpaired) electrons. The van der Waals surface area contributed by atoms with E-state index in [1.165, 1.54) is 0 Å². The molecule has 2 aromatic rings. The van der Waals surface area contributed by atoms with Crippen molar-refractivity contribution in [1.29, 1.82) is 0 Å². The third-order valence-electron chi connectivity index (χ3n) is 3.85. The molecule has 0 aromatic heterocycles. The van der Waals surface area contributed by atoms with Crippen molar-refractivity contribution in [3.8, 4) is 5.75 Å². The fourth-order valence-electron chi connectivity index (χ4n) is 2.33. The Morgan fingerprint density at radius 2 is 1.57 bits per heavy atom. The SMILES string of the molecule is CCC(=O)Nc1ccc(C(=O)NNC(=O)COc2cc(C)c(Cl)c(C)c2)cc1. The van der Waals surface area contributed by atoms with Crippen LogP contribution >= 0.6 is 11.6 Å². The number of rotatable bonds is 6. The number of nitrogens with one attached hydrogen (secondary N) is 3. The molecule has 2 rings (SSSR count). The first-order chi connectivity index (χ1) is 13.3. The van der Waals surface area contributed by atoms with E-state index >= 15 is 0 Å². The van der Waals surface area contributed by atoms with Crippen LogP contribution in [0.4, 0.5) is 5.69 Å². The third-order valence-corrected chi connectivity index (χ3v) is 4.44. The van der Waals surface area contributed by atoms with Gasteiger partial charge in [-0.2, -0.15) is 0 Å². The lowest BCUT2D eigenvalue weighted by Crippen LogP contribution is -2.43. The molecular weight excluding hydrogens is 382 g/mol. The Balaban J connectivity index is 1.82. The second-order valence-corrected chi connectivity index (χ2v) is 6.52. The molecule has 0 heterocycles. The largest absolute Gasteiger partial charge is 0.484 e. The summed E-state index contributed by atoms with van der Waals surface area (Å²) >= 11 is 6.09. The van der Waals surface area contributed by atoms with Crippen molar-refractivity contribution in [2.45, 2.75) is 27.2 Å². The van der Waals surface area contributed by atoms with Crippen LogP contribution in [0.3, 0.4) is 0 Å². The van der Waals surface area contributed by atoms with Crippen LogP contribution in [0.15, 0.2) is 36.4 Å². The molecule has 0 aliphatic rings. The van der Waals surface area contributed by atoms with E-state index in [0.717, 1.165) is 11.1 Å². The first-order valence-corrected chi connectivity index (χ1v) is 9.06. The van der Waals surface area contributed by atoms with Gasteiger partial charge in [0.1, 0.15) is 5.75 Å². The van der Waals surface area contributed by atoms with Gasteiger partial charge in [0.25, 0.3) is 11.8 Å². The predicted octanol–water partition coefficient (Wildman–Crippen LogP) is 3.15. The number of ether oxygens (including phenoxy) is 1. The lowest BCUT2D eigenvalue weighted by atomic mass is 10.1. The molecule has 0 fully saturated rings. The zero-order valence-corrected chi connectivity index (χ0v) is 16.6. The lowest BCUT2D eigenvalue weighted by molar-refractivity contribution is -0.123. The summed E-state index contributed by atoms with van der Waals surface area (Å²) in [4.78, 5) is 35.3. The highest BCUT2D eigenvalue weighted by Gasteiger charge is 2.10. The van der Waals surface area contributed by atoms with Crippen LogP contribution in [0.2, 0.25) is 5.02 Å². The summed E-state index contributed by atoms with van der Waals surface area (Å²) in [5.41, 5.74) is 7.23. The molecule has 148 valence electrons. The standard InChI is InChI=1S/C20H22ClN3O4/c1-4-17(25)22-15-7-5-14(6-8-15)20(27)24-23-18(26)11-28-16-9-12(2)19(21)13(3)10-16/h5-10H,4,11H2,1-3H3,(H,22,25)(H,23,26)(H,24,27). The second kappa shape index (κ2) is 9.75. The summed E-state index contributed by atoms with van der Waals surface area (Å²) in [6, 6.07) is 9.78. The van der Waals surface area contributed by atoms with E-state index in [0.29, 0.717) is 28.4 Å². The Morgan fingerprint density at radius 1 is 0.964 bits per heavy atom. The molecular formula is C20H22ClN3O4. The van der Waals surface area contributed by atoms with E-state index in [2.05, 4.69) is 16.2 Å². The maximum atomic E-state index is 12.1. The van der Waals surface area contributed by atoms with Crippen LogP contribution in [-0.4, -0.2) is 24.3 Å². The van der Waals surface area contributed by atoms with Crippen LogP contribution in [0, 0.1) is 13.8 Å². The molecule has 0 unspecified atom stereocenters. The summed E-state index contributed by atoms with van der Waals surface area (Å²) in [5, 5.41) is 3.34. The van der Waals surface area contributed by atoms with E-state index in [1.54, 1.807) is 43.3 Å². The normalized spacial score (nSPS) is 10.1. The van der Waals surface area contributed by atoms with Gasteiger partial charge in [0.15, 0.2) is 6.61 Å². The molecule has 0 saturated carbocycles. The molecule has 0 saturated heterocycles. The van der Waals surface area contributed by atoms with Crippen molar-refractivity contribution in [3.63, 3.8) is 0 Å². The minimum atomic E-state index is -0.509. The molecule has 8 heteroatoms. The third kappa shape index (κ3) is 5.99. The Morgan fingerprint density at radius 3 is 2.14 bits per heavy atom. The van der Waals surface area contributed by atoms with E-state index in [9.17, 15) is 14.4 Å². The summed E-state index contributed by atoms with van der Waals surface area (Å²) in [5.74, 6) is -0.591. The minimum Gasteiger partial charge on any atom is -0.484 e. The molecule has 0 atom stereocenters. The van der Waals surface area contributed by atoms with Crippen molar-refractivity contribution in [2.24, 2.45) is 0 Å². The molecule has 0 bridgehead atoms. The van der Waals surface area contributed by atoms with E-state index < -0.39 is 11.8 Å². The molecule has 28 heavy (non-hydrogen) atoms. The molecule has 0 aliphatic heterocycles. The molecule has 3 N–H and O–H groups in total. The fraction of sp³-hybridized carbons (Fsp3) is 0.250. The smallest absolute Gasteiger partial charge is 0.276 e. The summed E-state index contributed by atoms with van der Waals surface area (Å²) < 4.78 is 5.42. The van der Waals surface area contributed by atoms with Gasteiger partial charge in [0.05, 0.1) is 0 Å². The minimum absolute atomic E-state index is 0.115. The molecule has 7 nitrogen and oxygen atoms in total. The predicted molar refractivity (Wildman–Crippen MR) is 107 cm³/mol. The average molecular weight is 404 g/mol. The summed E-state index contributed by atoms with van der Waals surface area (Å²) in [6.07, 6.45) is 0.367. The van der Waals surface area contributed by atoms with Crippen molar-refractivity contribution in [1.82, 2.24) is 10.9 Å². The highest BCUT2D eigenvalue weighted by atomic mass is 35.5. The van der Waals surface area contributed by atoms with Gasteiger partial charge < -0.3 is 10.1 Å². The number of aryl methyl sites for hydroxylation is 2. The Bertz CT molecular complexity index is 859. The molecule has 0 spiro atoms. The quantitative estimate of drug-likeness (QED) is 0.645. The number of hydrogen-bond acceptors (Lipinski definition) is 4. The van der Waals surface area contributed by atoms with Gasteiger partial charge in [0, 0.05) is 22.7 Å². The number of halogens is 1. The van der Waals surface area contributed by atoms with Gasteiger partial charge in [-0.1, -0.05) is 18.5 Å². The number of hydrogen-bond donors (Lipinski definition) is 3. The maximum absolute atomic E-state index is 12.1. The van der Waals surface area contributed by atoms with Gasteiger partial charge in [-0.15, -0.1) is 0 Å². The fourth-order valence-corrected chi connectivity index (χ4v) is 2.44. The average Bonchev–Trinajstić information content (AvgIpc) is 2.68. The summed E-state index contributed by atoms with van der Waals surface area (Å²) in [6.45, 7) is 5.18. The van der Waals surface area contributed by atoms with Gasteiger partial charge in [-0.05, 0) is 61.4 Å². The highest BCUT2D eigenvalue weighted by Crippen LogP contribution is 2.25. The first-order valence-electron chi connectivity index (χ1n) is 8.68. The number of benzene rings is 2. The Kier molecular flexibility index (Phi) is 7.40. The number of hydrazine groups is 1. The van der Waals surface area contributed by atoms with E-state index in [-0.39, 0.29) is 12.5 Å². The number of carbonyl (C=O) groups is 3. The Labute approximate surface area is 168 Å². The summed E-state index contributed by atoms with van der Waals surface area (Å²) in [7, 11) is 0. The van der Waals surface area contributed by atoms with Crippen molar-refractivity contribution in [3.05, 3.63) is 58.1 Å². The van der Waals surface area contributed by atoms with Crippen LogP contribution in [-0.2, 0) is 9.59 Å². The highest BCUT2D eigenvalue weighted by molar-refractivity contribution is 6.32. The molecule has 0 aliphatic carbocycles. The molecule has 2 aromatic carbocycles. The Hall–Kier alpha value is -3.06. The van der Waals surface area contributed by atoms with Crippen LogP contribution in [0.5, 0.6) is 5.75 Å². The van der Waals surface area contributed by atoms with Crippen molar-refractivity contribution >= 4 is 35.0 Å².